The molecular weight excluding hydrogens is 362 g/mol. The smallest absolute Gasteiger partial charge is 0.196 e. The van der Waals surface area contributed by atoms with Crippen molar-refractivity contribution in [3.63, 3.8) is 0 Å². The number of nitrogens with one attached hydrogen (secondary N) is 2. The lowest BCUT2D eigenvalue weighted by Gasteiger charge is -2.06. The molecule has 4 N–H and O–H groups in total. The predicted octanol–water partition coefficient (Wildman–Crippen LogP) is 2.62. The van der Waals surface area contributed by atoms with E-state index in [1.54, 1.807) is 18.2 Å². The largest absolute Gasteiger partial charge is 0.390 e. The fourth-order valence-corrected chi connectivity index (χ4v) is 3.83. The maximum Gasteiger partial charge on any atom is 0.196 e. The number of anilines is 2. The van der Waals surface area contributed by atoms with Crippen LogP contribution in [-0.2, 0) is 17.7 Å². The topological polar surface area (TPSA) is 124 Å². The van der Waals surface area contributed by atoms with Crippen LogP contribution in [0.1, 0.15) is 30.1 Å². The number of hydrogen-bond donors (Lipinski definition) is 4. The zero-order valence-corrected chi connectivity index (χ0v) is 14.6. The Morgan fingerprint density at radius 1 is 1.28 bits per heavy atom. The van der Waals surface area contributed by atoms with Gasteiger partial charge in [-0.3, -0.25) is 5.10 Å². The van der Waals surface area contributed by atoms with Crippen LogP contribution in [0, 0.1) is 0 Å². The number of aromatic amines is 1. The van der Waals surface area contributed by atoms with Gasteiger partial charge in [0.2, 0.25) is 0 Å². The zero-order chi connectivity index (χ0) is 17.4. The fraction of sp³-hybridized carbons (Fsp3) is 0.267. The van der Waals surface area contributed by atoms with E-state index >= 15 is 0 Å². The minimum absolute atomic E-state index is 0.234. The van der Waals surface area contributed by atoms with Gasteiger partial charge in [0.1, 0.15) is 10.0 Å². The van der Waals surface area contributed by atoms with Crippen molar-refractivity contribution in [2.24, 2.45) is 0 Å². The molecule has 10 heteroatoms. The molecular formula is C15H15N5O3S2. The third-order valence-electron chi connectivity index (χ3n) is 3.79. The van der Waals surface area contributed by atoms with E-state index < -0.39 is 11.1 Å². The summed E-state index contributed by atoms with van der Waals surface area (Å²) in [6, 6.07) is 6.85. The van der Waals surface area contributed by atoms with Crippen LogP contribution in [0.4, 0.5) is 11.6 Å². The Morgan fingerprint density at radius 3 is 2.80 bits per heavy atom. The van der Waals surface area contributed by atoms with Crippen LogP contribution in [0.15, 0.2) is 28.5 Å². The van der Waals surface area contributed by atoms with Crippen molar-refractivity contribution < 1.29 is 13.9 Å². The minimum atomic E-state index is -2.04. The van der Waals surface area contributed by atoms with E-state index in [-0.39, 0.29) is 6.61 Å². The molecule has 3 aromatic rings. The predicted molar refractivity (Wildman–Crippen MR) is 94.2 cm³/mol. The summed E-state index contributed by atoms with van der Waals surface area (Å²) in [7, 11) is 0. The molecule has 1 saturated carbocycles. The van der Waals surface area contributed by atoms with Crippen LogP contribution in [0.2, 0.25) is 0 Å². The lowest BCUT2D eigenvalue weighted by Crippen LogP contribution is -2.01. The molecule has 0 bridgehead atoms. The van der Waals surface area contributed by atoms with E-state index in [1.165, 1.54) is 12.8 Å². The summed E-state index contributed by atoms with van der Waals surface area (Å²) in [5, 5.41) is 19.8. The third-order valence-corrected chi connectivity index (χ3v) is 5.82. The van der Waals surface area contributed by atoms with Gasteiger partial charge in [-0.25, -0.2) is 14.2 Å². The standard InChI is InChI=1S/C15H15N5O3S2/c21-7-9-5-12(17-13-6-10(19-20-13)8-1-2-8)18-15(16-9)11-3-4-14(24-11)25(22)23/h3-6,8,21H,1-2,7H2,(H,22,23)(H2,16,17,18,19,20). The molecule has 25 heavy (non-hydrogen) atoms. The maximum atomic E-state index is 11.2. The molecule has 1 unspecified atom stereocenters. The number of aliphatic hydroxyl groups is 1. The van der Waals surface area contributed by atoms with Crippen LogP contribution in [0.3, 0.4) is 0 Å². The molecule has 0 spiro atoms. The number of H-pyrrole nitrogens is 1. The van der Waals surface area contributed by atoms with Gasteiger partial charge in [0.05, 0.1) is 17.2 Å². The van der Waals surface area contributed by atoms with E-state index in [0.29, 0.717) is 38.2 Å². The molecule has 0 aromatic carbocycles. The lowest BCUT2D eigenvalue weighted by atomic mass is 10.3. The molecule has 4 rings (SSSR count). The Labute approximate surface area is 149 Å². The number of aromatic nitrogens is 4. The van der Waals surface area contributed by atoms with Crippen molar-refractivity contribution in [2.45, 2.75) is 29.6 Å². The Hall–Kier alpha value is -2.14. The van der Waals surface area contributed by atoms with Crippen molar-refractivity contribution in [1.82, 2.24) is 20.2 Å². The highest BCUT2D eigenvalue weighted by Gasteiger charge is 2.25. The first-order valence-corrected chi connectivity index (χ1v) is 9.57. The first-order chi connectivity index (χ1) is 12.1. The molecule has 0 radical (unpaired) electrons. The lowest BCUT2D eigenvalue weighted by molar-refractivity contribution is 0.277. The number of thiophene rings is 1. The Balaban J connectivity index is 1.63. The summed E-state index contributed by atoms with van der Waals surface area (Å²) in [6.45, 7) is -0.234. The molecule has 1 fully saturated rings. The second-order valence-electron chi connectivity index (χ2n) is 5.70. The molecule has 0 saturated heterocycles. The van der Waals surface area contributed by atoms with Crippen molar-refractivity contribution >= 4 is 34.1 Å². The van der Waals surface area contributed by atoms with Crippen molar-refractivity contribution in [1.29, 1.82) is 0 Å². The summed E-state index contributed by atoms with van der Waals surface area (Å²) in [6.07, 6.45) is 2.36. The quantitative estimate of drug-likeness (QED) is 0.487. The van der Waals surface area contributed by atoms with Crippen LogP contribution in [0.5, 0.6) is 0 Å². The summed E-state index contributed by atoms with van der Waals surface area (Å²) >= 11 is -0.900. The second-order valence-corrected chi connectivity index (χ2v) is 7.98. The maximum absolute atomic E-state index is 11.2. The Morgan fingerprint density at radius 2 is 2.12 bits per heavy atom. The molecule has 1 aliphatic rings. The van der Waals surface area contributed by atoms with Gasteiger partial charge in [-0.15, -0.1) is 11.3 Å². The summed E-state index contributed by atoms with van der Waals surface area (Å²) in [5.41, 5.74) is 1.55. The first-order valence-electron chi connectivity index (χ1n) is 7.64. The van der Waals surface area contributed by atoms with Crippen LogP contribution >= 0.6 is 11.3 Å². The number of aliphatic hydroxyl groups excluding tert-OH is 1. The van der Waals surface area contributed by atoms with Gasteiger partial charge >= 0.3 is 0 Å². The average molecular weight is 377 g/mol. The van der Waals surface area contributed by atoms with Gasteiger partial charge in [0.15, 0.2) is 22.7 Å². The summed E-state index contributed by atoms with van der Waals surface area (Å²) in [4.78, 5) is 9.36. The molecule has 0 aliphatic heterocycles. The van der Waals surface area contributed by atoms with Crippen LogP contribution in [0.25, 0.3) is 10.7 Å². The fourth-order valence-electron chi connectivity index (χ4n) is 2.42. The van der Waals surface area contributed by atoms with Gasteiger partial charge in [-0.2, -0.15) is 5.10 Å². The van der Waals surface area contributed by atoms with Gasteiger partial charge in [-0.05, 0) is 25.0 Å². The second kappa shape index (κ2) is 6.64. The van der Waals surface area contributed by atoms with E-state index in [2.05, 4.69) is 25.5 Å². The van der Waals surface area contributed by atoms with E-state index in [4.69, 9.17) is 4.55 Å². The number of hydrogen-bond acceptors (Lipinski definition) is 7. The molecule has 3 aromatic heterocycles. The van der Waals surface area contributed by atoms with Crippen molar-refractivity contribution in [3.8, 4) is 10.7 Å². The van der Waals surface area contributed by atoms with E-state index in [1.807, 2.05) is 6.07 Å². The highest BCUT2D eigenvalue weighted by atomic mass is 32.2. The molecule has 130 valence electrons. The monoisotopic (exact) mass is 377 g/mol. The normalized spacial score (nSPS) is 15.3. The van der Waals surface area contributed by atoms with E-state index in [0.717, 1.165) is 17.0 Å². The SMILES string of the molecule is O=S(O)c1ccc(-c2nc(CO)cc(Nc3cc(C4CC4)[nH]n3)n2)s1. The summed E-state index contributed by atoms with van der Waals surface area (Å²) in [5.74, 6) is 2.11. The van der Waals surface area contributed by atoms with Crippen molar-refractivity contribution in [3.05, 3.63) is 35.7 Å². The summed E-state index contributed by atoms with van der Waals surface area (Å²) < 4.78 is 20.6. The van der Waals surface area contributed by atoms with Gasteiger partial charge in [0.25, 0.3) is 0 Å². The average Bonchev–Trinajstić information content (AvgIpc) is 3.15. The highest BCUT2D eigenvalue weighted by Crippen LogP contribution is 2.39. The van der Waals surface area contributed by atoms with Crippen LogP contribution in [-0.4, -0.2) is 34.0 Å². The minimum Gasteiger partial charge on any atom is -0.390 e. The molecule has 3 heterocycles. The number of rotatable bonds is 6. The Kier molecular flexibility index (Phi) is 4.34. The van der Waals surface area contributed by atoms with Gasteiger partial charge in [-0.1, -0.05) is 0 Å². The van der Waals surface area contributed by atoms with E-state index in [9.17, 15) is 9.32 Å². The molecule has 8 nitrogen and oxygen atoms in total. The molecule has 0 amide bonds. The Bertz CT molecular complexity index is 935. The molecule has 1 aliphatic carbocycles. The molecule has 1 atom stereocenters. The third kappa shape index (κ3) is 3.61. The highest BCUT2D eigenvalue weighted by molar-refractivity contribution is 7.81. The van der Waals surface area contributed by atoms with Gasteiger partial charge in [0, 0.05) is 23.7 Å². The number of nitrogens with zero attached hydrogens (tertiary/aromatic N) is 3. The van der Waals surface area contributed by atoms with Crippen LogP contribution < -0.4 is 5.32 Å². The first kappa shape index (κ1) is 16.3. The van der Waals surface area contributed by atoms with Gasteiger partial charge < -0.3 is 15.0 Å². The van der Waals surface area contributed by atoms with Crippen molar-refractivity contribution in [2.75, 3.05) is 5.32 Å². The zero-order valence-electron chi connectivity index (χ0n) is 13.0.